The van der Waals surface area contributed by atoms with Crippen LogP contribution >= 0.6 is 0 Å². The molecule has 138 valence electrons. The minimum Gasteiger partial charge on any atom is -0.478 e. The average molecular weight is 364 g/mol. The van der Waals surface area contributed by atoms with E-state index in [9.17, 15) is 14.4 Å². The molecule has 0 aromatic heterocycles. The molecule has 0 spiro atoms. The molecule has 2 amide bonds. The summed E-state index contributed by atoms with van der Waals surface area (Å²) in [7, 11) is 0. The number of aryl methyl sites for hydroxylation is 1. The van der Waals surface area contributed by atoms with Crippen LogP contribution in [0.2, 0.25) is 0 Å². The number of rotatable bonds is 5. The van der Waals surface area contributed by atoms with Crippen molar-refractivity contribution in [1.29, 1.82) is 0 Å². The van der Waals surface area contributed by atoms with Gasteiger partial charge in [-0.3, -0.25) is 9.59 Å². The molecule has 2 N–H and O–H groups in total. The number of aromatic carboxylic acids is 1. The van der Waals surface area contributed by atoms with Crippen molar-refractivity contribution >= 4 is 29.2 Å². The Balaban J connectivity index is 1.50. The van der Waals surface area contributed by atoms with Gasteiger partial charge in [-0.15, -0.1) is 0 Å². The summed E-state index contributed by atoms with van der Waals surface area (Å²) >= 11 is 0. The van der Waals surface area contributed by atoms with Crippen molar-refractivity contribution in [2.24, 2.45) is 5.92 Å². The fourth-order valence-electron chi connectivity index (χ4n) is 3.36. The molecular weight excluding hydrogens is 344 g/mol. The van der Waals surface area contributed by atoms with Gasteiger partial charge in [0.15, 0.2) is 0 Å². The van der Waals surface area contributed by atoms with Crippen LogP contribution in [-0.4, -0.2) is 29.4 Å². The van der Waals surface area contributed by atoms with Gasteiger partial charge in [0.25, 0.3) is 5.91 Å². The van der Waals surface area contributed by atoms with Gasteiger partial charge in [0.1, 0.15) is 0 Å². The van der Waals surface area contributed by atoms with Crippen LogP contribution in [0.3, 0.4) is 0 Å². The third kappa shape index (κ3) is 3.69. The van der Waals surface area contributed by atoms with E-state index in [-0.39, 0.29) is 17.4 Å². The number of benzene rings is 2. The Morgan fingerprint density at radius 2 is 1.74 bits per heavy atom. The van der Waals surface area contributed by atoms with E-state index in [1.807, 2.05) is 17.0 Å². The van der Waals surface area contributed by atoms with Crippen LogP contribution in [-0.2, 0) is 11.2 Å². The Morgan fingerprint density at radius 3 is 2.41 bits per heavy atom. The predicted octanol–water partition coefficient (Wildman–Crippen LogP) is 3.33. The second-order valence-electron chi connectivity index (χ2n) is 7.13. The van der Waals surface area contributed by atoms with Gasteiger partial charge >= 0.3 is 5.97 Å². The molecule has 1 heterocycles. The number of hydrogen-bond acceptors (Lipinski definition) is 3. The molecule has 2 aromatic rings. The first-order valence-electron chi connectivity index (χ1n) is 9.09. The van der Waals surface area contributed by atoms with Gasteiger partial charge in [-0.1, -0.05) is 0 Å². The molecule has 1 saturated carbocycles. The quantitative estimate of drug-likeness (QED) is 0.852. The van der Waals surface area contributed by atoms with Gasteiger partial charge in [0.2, 0.25) is 5.91 Å². The Morgan fingerprint density at radius 1 is 1.04 bits per heavy atom. The molecule has 2 aromatic carbocycles. The maximum absolute atomic E-state index is 12.4. The summed E-state index contributed by atoms with van der Waals surface area (Å²) in [5.74, 6) is -0.534. The largest absolute Gasteiger partial charge is 0.478 e. The van der Waals surface area contributed by atoms with Crippen molar-refractivity contribution < 1.29 is 19.5 Å². The highest BCUT2D eigenvalue weighted by atomic mass is 16.4. The fourth-order valence-corrected chi connectivity index (χ4v) is 3.36. The standard InChI is InChI=1S/C21H20N2O4/c24-19-10-7-16-11-17(8-9-18(16)23(19)12-13-1-2-13)22-20(25)14-3-5-15(6-4-14)21(26)27/h3-6,8-9,11,13H,1-2,7,10,12H2,(H,22,25)(H,26,27). The molecule has 6 heteroatoms. The molecule has 1 aliphatic heterocycles. The minimum atomic E-state index is -1.03. The van der Waals surface area contributed by atoms with E-state index in [1.54, 1.807) is 6.07 Å². The highest BCUT2D eigenvalue weighted by Gasteiger charge is 2.31. The van der Waals surface area contributed by atoms with E-state index in [4.69, 9.17) is 5.11 Å². The Bertz CT molecular complexity index is 916. The predicted molar refractivity (Wildman–Crippen MR) is 101 cm³/mol. The number of carboxylic acids is 1. The molecule has 0 radical (unpaired) electrons. The summed E-state index contributed by atoms with van der Waals surface area (Å²) in [5, 5.41) is 11.8. The summed E-state index contributed by atoms with van der Waals surface area (Å²) in [5.41, 5.74) is 3.21. The van der Waals surface area contributed by atoms with Gasteiger partial charge in [0.05, 0.1) is 5.56 Å². The van der Waals surface area contributed by atoms with Crippen LogP contribution in [0, 0.1) is 5.92 Å². The minimum absolute atomic E-state index is 0.140. The zero-order chi connectivity index (χ0) is 19.0. The molecule has 1 aliphatic carbocycles. The van der Waals surface area contributed by atoms with Gasteiger partial charge in [-0.25, -0.2) is 4.79 Å². The van der Waals surface area contributed by atoms with E-state index in [0.29, 0.717) is 30.0 Å². The number of amides is 2. The number of anilines is 2. The van der Waals surface area contributed by atoms with Gasteiger partial charge in [0, 0.05) is 29.9 Å². The molecule has 0 unspecified atom stereocenters. The van der Waals surface area contributed by atoms with Crippen molar-refractivity contribution in [1.82, 2.24) is 0 Å². The first-order valence-corrected chi connectivity index (χ1v) is 9.09. The Labute approximate surface area is 156 Å². The number of carbonyl (C=O) groups excluding carboxylic acids is 2. The van der Waals surface area contributed by atoms with Crippen molar-refractivity contribution in [2.75, 3.05) is 16.8 Å². The number of carbonyl (C=O) groups is 3. The van der Waals surface area contributed by atoms with E-state index < -0.39 is 5.97 Å². The zero-order valence-corrected chi connectivity index (χ0v) is 14.8. The van der Waals surface area contributed by atoms with Crippen LogP contribution in [0.15, 0.2) is 42.5 Å². The number of hydrogen-bond donors (Lipinski definition) is 2. The molecule has 1 fully saturated rings. The molecule has 27 heavy (non-hydrogen) atoms. The maximum Gasteiger partial charge on any atom is 0.335 e. The van der Waals surface area contributed by atoms with Gasteiger partial charge < -0.3 is 15.3 Å². The highest BCUT2D eigenvalue weighted by Crippen LogP contribution is 2.36. The second-order valence-corrected chi connectivity index (χ2v) is 7.13. The molecule has 0 bridgehead atoms. The first-order chi connectivity index (χ1) is 13.0. The van der Waals surface area contributed by atoms with E-state index in [0.717, 1.165) is 17.8 Å². The molecule has 4 rings (SSSR count). The summed E-state index contributed by atoms with van der Waals surface area (Å²) in [6.07, 6.45) is 3.54. The SMILES string of the molecule is O=C(O)c1ccc(C(=O)Nc2ccc3c(c2)CCC(=O)N3CC2CC2)cc1. The van der Waals surface area contributed by atoms with E-state index in [1.165, 1.54) is 37.1 Å². The summed E-state index contributed by atoms with van der Waals surface area (Å²) in [6, 6.07) is 11.4. The van der Waals surface area contributed by atoms with Crippen molar-refractivity contribution in [3.8, 4) is 0 Å². The third-order valence-corrected chi connectivity index (χ3v) is 5.07. The molecule has 0 atom stereocenters. The van der Waals surface area contributed by atoms with Crippen LogP contribution in [0.5, 0.6) is 0 Å². The van der Waals surface area contributed by atoms with Crippen molar-refractivity contribution in [3.63, 3.8) is 0 Å². The maximum atomic E-state index is 12.4. The van der Waals surface area contributed by atoms with Crippen LogP contribution < -0.4 is 10.2 Å². The smallest absolute Gasteiger partial charge is 0.335 e. The van der Waals surface area contributed by atoms with Crippen molar-refractivity contribution in [2.45, 2.75) is 25.7 Å². The lowest BCUT2D eigenvalue weighted by Gasteiger charge is -2.30. The number of fused-ring (bicyclic) bond motifs is 1. The molecule has 2 aliphatic rings. The molecular formula is C21H20N2O4. The van der Waals surface area contributed by atoms with Crippen LogP contribution in [0.25, 0.3) is 0 Å². The van der Waals surface area contributed by atoms with Crippen LogP contribution in [0.4, 0.5) is 11.4 Å². The number of nitrogens with zero attached hydrogens (tertiary/aromatic N) is 1. The summed E-state index contributed by atoms with van der Waals surface area (Å²) in [6.45, 7) is 0.785. The second kappa shape index (κ2) is 6.87. The monoisotopic (exact) mass is 364 g/mol. The summed E-state index contributed by atoms with van der Waals surface area (Å²) in [4.78, 5) is 37.5. The fraction of sp³-hybridized carbons (Fsp3) is 0.286. The van der Waals surface area contributed by atoms with E-state index >= 15 is 0 Å². The lowest BCUT2D eigenvalue weighted by Crippen LogP contribution is -2.36. The first kappa shape index (κ1) is 17.3. The average Bonchev–Trinajstić information content (AvgIpc) is 3.48. The number of nitrogens with one attached hydrogen (secondary N) is 1. The van der Waals surface area contributed by atoms with Crippen LogP contribution in [0.1, 0.15) is 45.5 Å². The van der Waals surface area contributed by atoms with Gasteiger partial charge in [-0.05, 0) is 73.2 Å². The lowest BCUT2D eigenvalue weighted by atomic mass is 10.00. The summed E-state index contributed by atoms with van der Waals surface area (Å²) < 4.78 is 0. The van der Waals surface area contributed by atoms with Gasteiger partial charge in [-0.2, -0.15) is 0 Å². The van der Waals surface area contributed by atoms with Crippen molar-refractivity contribution in [3.05, 3.63) is 59.2 Å². The zero-order valence-electron chi connectivity index (χ0n) is 14.8. The topological polar surface area (TPSA) is 86.7 Å². The Hall–Kier alpha value is -3.15. The Kier molecular flexibility index (Phi) is 4.39. The molecule has 0 saturated heterocycles. The third-order valence-electron chi connectivity index (χ3n) is 5.07. The number of carboxylic acid groups (broad SMARTS) is 1. The molecule has 6 nitrogen and oxygen atoms in total. The highest BCUT2D eigenvalue weighted by molar-refractivity contribution is 6.05. The lowest BCUT2D eigenvalue weighted by molar-refractivity contribution is -0.119. The normalized spacial score (nSPS) is 16.0. The van der Waals surface area contributed by atoms with E-state index in [2.05, 4.69) is 5.32 Å².